The van der Waals surface area contributed by atoms with Crippen LogP contribution in [0.4, 0.5) is 0 Å². The summed E-state index contributed by atoms with van der Waals surface area (Å²) in [6.07, 6.45) is 5.23. The third-order valence-electron chi connectivity index (χ3n) is 4.50. The average Bonchev–Trinajstić information content (AvgIpc) is 3.03. The molecule has 2 nitrogen and oxygen atoms in total. The molecular weight excluding hydrogens is 290 g/mol. The van der Waals surface area contributed by atoms with E-state index in [0.29, 0.717) is 11.8 Å². The lowest BCUT2D eigenvalue weighted by atomic mass is 9.95. The summed E-state index contributed by atoms with van der Waals surface area (Å²) >= 11 is 7.52. The molecule has 2 bridgehead atoms. The number of halogens is 1. The molecule has 3 atom stereocenters. The van der Waals surface area contributed by atoms with Crippen molar-refractivity contribution in [2.75, 3.05) is 5.75 Å². The van der Waals surface area contributed by atoms with Crippen molar-refractivity contribution in [3.05, 3.63) is 34.9 Å². The highest BCUT2D eigenvalue weighted by molar-refractivity contribution is 7.99. The monoisotopic (exact) mass is 309 g/mol. The molecule has 1 aromatic rings. The van der Waals surface area contributed by atoms with Gasteiger partial charge in [-0.25, -0.2) is 0 Å². The number of carbonyl (C=O) groups excluding carboxylic acids is 1. The number of thioether (sulfide) groups is 1. The first-order valence-electron chi connectivity index (χ1n) is 7.32. The van der Waals surface area contributed by atoms with E-state index in [1.54, 1.807) is 11.8 Å². The Morgan fingerprint density at radius 1 is 1.25 bits per heavy atom. The van der Waals surface area contributed by atoms with Crippen molar-refractivity contribution in [3.63, 3.8) is 0 Å². The summed E-state index contributed by atoms with van der Waals surface area (Å²) in [4.78, 5) is 12.0. The third-order valence-corrected chi connectivity index (χ3v) is 5.76. The maximum Gasteiger partial charge on any atom is 0.230 e. The van der Waals surface area contributed by atoms with E-state index in [2.05, 4.69) is 5.32 Å². The number of carbonyl (C=O) groups is 1. The number of fused-ring (bicyclic) bond motifs is 2. The SMILES string of the molecule is O=C(CSCc1ccc(Cl)cc1)N[C@@H]1C[C@H]2CC[C@@H]1C2. The largest absolute Gasteiger partial charge is 0.352 e. The van der Waals surface area contributed by atoms with Crippen molar-refractivity contribution in [1.82, 2.24) is 5.32 Å². The van der Waals surface area contributed by atoms with Crippen LogP contribution in [0.1, 0.15) is 31.2 Å². The molecule has 1 N–H and O–H groups in total. The summed E-state index contributed by atoms with van der Waals surface area (Å²) in [7, 11) is 0. The Morgan fingerprint density at radius 3 is 2.70 bits per heavy atom. The standard InChI is InChI=1S/C16H20ClNOS/c17-14-5-2-11(3-6-14)9-20-10-16(19)18-15-8-12-1-4-13(15)7-12/h2-3,5-6,12-13,15H,1,4,7-10H2,(H,18,19)/t12-,13+,15+/m0/s1. The van der Waals surface area contributed by atoms with Gasteiger partial charge in [-0.1, -0.05) is 30.2 Å². The van der Waals surface area contributed by atoms with Gasteiger partial charge in [-0.05, 0) is 48.8 Å². The van der Waals surface area contributed by atoms with Crippen molar-refractivity contribution in [3.8, 4) is 0 Å². The van der Waals surface area contributed by atoms with E-state index >= 15 is 0 Å². The van der Waals surface area contributed by atoms with E-state index in [4.69, 9.17) is 11.6 Å². The minimum atomic E-state index is 0.196. The van der Waals surface area contributed by atoms with E-state index in [1.165, 1.54) is 31.2 Å². The number of amides is 1. The van der Waals surface area contributed by atoms with Crippen LogP contribution in [-0.2, 0) is 10.5 Å². The van der Waals surface area contributed by atoms with Crippen LogP contribution in [0.15, 0.2) is 24.3 Å². The molecule has 2 aliphatic rings. The molecule has 20 heavy (non-hydrogen) atoms. The Kier molecular flexibility index (Phi) is 4.57. The van der Waals surface area contributed by atoms with Crippen LogP contribution in [0.2, 0.25) is 5.02 Å². The molecule has 2 aliphatic carbocycles. The maximum absolute atomic E-state index is 12.0. The van der Waals surface area contributed by atoms with Gasteiger partial charge in [-0.2, -0.15) is 0 Å². The Hall–Kier alpha value is -0.670. The van der Waals surface area contributed by atoms with Gasteiger partial charge in [0, 0.05) is 16.8 Å². The lowest BCUT2D eigenvalue weighted by Crippen LogP contribution is -2.39. The zero-order valence-electron chi connectivity index (χ0n) is 11.5. The van der Waals surface area contributed by atoms with Gasteiger partial charge in [0.15, 0.2) is 0 Å². The number of nitrogens with one attached hydrogen (secondary N) is 1. The van der Waals surface area contributed by atoms with Gasteiger partial charge in [-0.15, -0.1) is 11.8 Å². The summed E-state index contributed by atoms with van der Waals surface area (Å²) in [6, 6.07) is 8.28. The first kappa shape index (κ1) is 14.3. The second kappa shape index (κ2) is 6.40. The van der Waals surface area contributed by atoms with E-state index in [0.717, 1.165) is 22.6 Å². The zero-order valence-corrected chi connectivity index (χ0v) is 13.1. The summed E-state index contributed by atoms with van der Waals surface area (Å²) in [6.45, 7) is 0. The number of hydrogen-bond acceptors (Lipinski definition) is 2. The van der Waals surface area contributed by atoms with Gasteiger partial charge in [-0.3, -0.25) is 4.79 Å². The Bertz CT molecular complexity index is 476. The highest BCUT2D eigenvalue weighted by Gasteiger charge is 2.39. The molecule has 1 amide bonds. The summed E-state index contributed by atoms with van der Waals surface area (Å²) in [5.74, 6) is 3.25. The molecule has 0 unspecified atom stereocenters. The van der Waals surface area contributed by atoms with E-state index < -0.39 is 0 Å². The number of benzene rings is 1. The highest BCUT2D eigenvalue weighted by atomic mass is 35.5. The van der Waals surface area contributed by atoms with Gasteiger partial charge >= 0.3 is 0 Å². The molecule has 2 saturated carbocycles. The predicted octanol–water partition coefficient (Wildman–Crippen LogP) is 3.88. The Labute approximate surface area is 129 Å². The van der Waals surface area contributed by atoms with Crippen LogP contribution in [-0.4, -0.2) is 17.7 Å². The fourth-order valence-electron chi connectivity index (χ4n) is 3.51. The molecule has 0 heterocycles. The van der Waals surface area contributed by atoms with Crippen LogP contribution in [0.5, 0.6) is 0 Å². The molecule has 108 valence electrons. The molecule has 1 aromatic carbocycles. The topological polar surface area (TPSA) is 29.1 Å². The number of rotatable bonds is 5. The molecule has 3 rings (SSSR count). The molecule has 0 radical (unpaired) electrons. The average molecular weight is 310 g/mol. The molecule has 0 spiro atoms. The van der Waals surface area contributed by atoms with Gasteiger partial charge in [0.25, 0.3) is 0 Å². The second-order valence-corrected chi connectivity index (χ2v) is 7.39. The molecule has 4 heteroatoms. The molecule has 2 fully saturated rings. The van der Waals surface area contributed by atoms with Crippen molar-refractivity contribution < 1.29 is 4.79 Å². The summed E-state index contributed by atoms with van der Waals surface area (Å²) in [5.41, 5.74) is 1.21. The van der Waals surface area contributed by atoms with Crippen LogP contribution < -0.4 is 5.32 Å². The quantitative estimate of drug-likeness (QED) is 0.894. The normalized spacial score (nSPS) is 27.8. The summed E-state index contributed by atoms with van der Waals surface area (Å²) in [5, 5.41) is 3.98. The van der Waals surface area contributed by atoms with Gasteiger partial charge in [0.2, 0.25) is 5.91 Å². The lowest BCUT2D eigenvalue weighted by molar-refractivity contribution is -0.119. The van der Waals surface area contributed by atoms with Crippen molar-refractivity contribution in [2.24, 2.45) is 11.8 Å². The number of hydrogen-bond donors (Lipinski definition) is 1. The molecular formula is C16H20ClNOS. The third kappa shape index (κ3) is 3.50. The smallest absolute Gasteiger partial charge is 0.230 e. The second-order valence-electron chi connectivity index (χ2n) is 5.97. The lowest BCUT2D eigenvalue weighted by Gasteiger charge is -2.22. The van der Waals surface area contributed by atoms with E-state index in [1.807, 2.05) is 24.3 Å². The minimum Gasteiger partial charge on any atom is -0.352 e. The van der Waals surface area contributed by atoms with E-state index in [-0.39, 0.29) is 5.91 Å². The Morgan fingerprint density at radius 2 is 2.05 bits per heavy atom. The fourth-order valence-corrected chi connectivity index (χ4v) is 4.44. The first-order valence-corrected chi connectivity index (χ1v) is 8.85. The molecule has 0 aliphatic heterocycles. The van der Waals surface area contributed by atoms with E-state index in [9.17, 15) is 4.79 Å². The summed E-state index contributed by atoms with van der Waals surface area (Å²) < 4.78 is 0. The highest BCUT2D eigenvalue weighted by Crippen LogP contribution is 2.44. The van der Waals surface area contributed by atoms with Gasteiger partial charge < -0.3 is 5.32 Å². The van der Waals surface area contributed by atoms with Crippen LogP contribution in [0.3, 0.4) is 0 Å². The van der Waals surface area contributed by atoms with Crippen molar-refractivity contribution >= 4 is 29.3 Å². The fraction of sp³-hybridized carbons (Fsp3) is 0.562. The van der Waals surface area contributed by atoms with Crippen LogP contribution in [0, 0.1) is 11.8 Å². The first-order chi connectivity index (χ1) is 9.70. The zero-order chi connectivity index (χ0) is 13.9. The van der Waals surface area contributed by atoms with Crippen LogP contribution in [0.25, 0.3) is 0 Å². The van der Waals surface area contributed by atoms with Gasteiger partial charge in [0.1, 0.15) is 0 Å². The maximum atomic E-state index is 12.0. The molecule has 0 aromatic heterocycles. The van der Waals surface area contributed by atoms with Crippen LogP contribution >= 0.6 is 23.4 Å². The van der Waals surface area contributed by atoms with Crippen molar-refractivity contribution in [1.29, 1.82) is 0 Å². The van der Waals surface area contributed by atoms with Gasteiger partial charge in [0.05, 0.1) is 5.75 Å². The minimum absolute atomic E-state index is 0.196. The predicted molar refractivity (Wildman–Crippen MR) is 85.0 cm³/mol. The molecule has 0 saturated heterocycles. The Balaban J connectivity index is 1.38. The van der Waals surface area contributed by atoms with Crippen molar-refractivity contribution in [2.45, 2.75) is 37.5 Å².